The van der Waals surface area contributed by atoms with Crippen LogP contribution in [0.5, 0.6) is 0 Å². The largest absolute Gasteiger partial charge is 0.394 e. The van der Waals surface area contributed by atoms with Gasteiger partial charge in [-0.2, -0.15) is 0 Å². The monoisotopic (exact) mass is 1550 g/mol. The summed E-state index contributed by atoms with van der Waals surface area (Å²) in [4.78, 5) is 39.2. The lowest BCUT2D eigenvalue weighted by Crippen LogP contribution is -2.71. The number of rotatable bonds is 25. The van der Waals surface area contributed by atoms with E-state index in [-0.39, 0.29) is 0 Å². The highest BCUT2D eigenvalue weighted by atomic mass is 16.8. The standard InChI is InChI=1S/C60H101N3O43/c1-13-28(72)37(81)42(86)55(91-13)104-49-40(84)31(75)19(7-64)96-58(49)100-45-23(11-68)99-53(25(36(45)80)61-16(4)69)90-12-24-35(79)46(26(52(89)94-24)62-17(5)70)101-60-51(106-57-44(88)39(83)30(74)15(3)93-57)48(34(78)22(10-67)98-60)103-54-27(63-18(6)71)47(33(77)21(9-66)95-54)102-59-50(41(85)32(76)20(8-65)97-59)105-56-43(87)38(82)29(73)14(2)92-56/h13-15,19-60,64-68,72-89H,7-12H2,1-6H3,(H,61,69)(H,62,70)(H,63,71)/t13-,14-,15-,19+,20+,21+,22+,23+,24+,25+,26+,27+,28+,29+,30+,31-,32-,33+,34-,35-,36+,37+,38+,39+,40-,41-,42-,43-,44-,45+,46+,47+,48-,49+,50+,51+,52?,53+,54-,55-,56-,57-,58-,59-,60-/m0/s1. The molecule has 0 aliphatic carbocycles. The van der Waals surface area contributed by atoms with E-state index in [1.54, 1.807) is 0 Å². The highest BCUT2D eigenvalue weighted by Crippen LogP contribution is 2.40. The predicted octanol–water partition coefficient (Wildman–Crippen LogP) is -17.1. The van der Waals surface area contributed by atoms with Crippen LogP contribution in [0.4, 0.5) is 0 Å². The van der Waals surface area contributed by atoms with Gasteiger partial charge in [0.15, 0.2) is 56.6 Å². The smallest absolute Gasteiger partial charge is 0.217 e. The minimum atomic E-state index is -2.34. The summed E-state index contributed by atoms with van der Waals surface area (Å²) in [5.41, 5.74) is 0. The van der Waals surface area contributed by atoms with E-state index in [0.29, 0.717) is 0 Å². The molecule has 614 valence electrons. The minimum Gasteiger partial charge on any atom is -0.394 e. The lowest BCUT2D eigenvalue weighted by Gasteiger charge is -2.52. The summed E-state index contributed by atoms with van der Waals surface area (Å²) in [5, 5.41) is 262. The Bertz CT molecular complexity index is 2790. The molecule has 9 fully saturated rings. The maximum absolute atomic E-state index is 13.3. The van der Waals surface area contributed by atoms with E-state index >= 15 is 0 Å². The number of carbonyl (C=O) groups is 3. The van der Waals surface area contributed by atoms with Crippen molar-refractivity contribution in [3.8, 4) is 0 Å². The van der Waals surface area contributed by atoms with E-state index in [0.717, 1.165) is 20.8 Å². The van der Waals surface area contributed by atoms with Crippen molar-refractivity contribution in [3.63, 3.8) is 0 Å². The van der Waals surface area contributed by atoms with Crippen LogP contribution in [0.1, 0.15) is 41.5 Å². The van der Waals surface area contributed by atoms with Gasteiger partial charge in [-0.15, -0.1) is 0 Å². The average Bonchev–Trinajstić information content (AvgIpc) is 0.759. The first-order valence-corrected chi connectivity index (χ1v) is 34.2. The topological polar surface area (TPSA) is 710 Å². The van der Waals surface area contributed by atoms with E-state index in [2.05, 4.69) is 16.0 Å². The van der Waals surface area contributed by atoms with Gasteiger partial charge in [-0.3, -0.25) is 14.4 Å². The number of ether oxygens (including phenoxy) is 17. The summed E-state index contributed by atoms with van der Waals surface area (Å²) in [6, 6.07) is -5.71. The average molecular weight is 1550 g/mol. The Morgan fingerprint density at radius 3 is 0.991 bits per heavy atom. The number of hydrogen-bond acceptors (Lipinski definition) is 43. The summed E-state index contributed by atoms with van der Waals surface area (Å²) in [5.74, 6) is -2.78. The van der Waals surface area contributed by atoms with Gasteiger partial charge in [0.25, 0.3) is 0 Å². The quantitative estimate of drug-likeness (QED) is 0.0404. The van der Waals surface area contributed by atoms with Crippen LogP contribution in [0.25, 0.3) is 0 Å². The maximum Gasteiger partial charge on any atom is 0.217 e. The summed E-state index contributed by atoms with van der Waals surface area (Å²) in [7, 11) is 0. The molecule has 0 aromatic carbocycles. The molecule has 1 unspecified atom stereocenters. The number of amides is 3. The molecule has 0 bridgehead atoms. The molecule has 46 heteroatoms. The lowest BCUT2D eigenvalue weighted by molar-refractivity contribution is -0.403. The maximum atomic E-state index is 13.3. The molecular weight excluding hydrogens is 1450 g/mol. The lowest BCUT2D eigenvalue weighted by atomic mass is 9.93. The summed E-state index contributed by atoms with van der Waals surface area (Å²) < 4.78 is 101. The molecule has 9 aliphatic rings. The second-order valence-electron chi connectivity index (χ2n) is 27.4. The predicted molar refractivity (Wildman–Crippen MR) is 328 cm³/mol. The molecule has 0 radical (unpaired) electrons. The van der Waals surface area contributed by atoms with Crippen molar-refractivity contribution in [2.75, 3.05) is 39.6 Å². The van der Waals surface area contributed by atoms with E-state index in [1.165, 1.54) is 20.8 Å². The molecule has 46 nitrogen and oxygen atoms in total. The van der Waals surface area contributed by atoms with Gasteiger partial charge >= 0.3 is 0 Å². The van der Waals surface area contributed by atoms with Gasteiger partial charge in [0.2, 0.25) is 17.7 Å². The van der Waals surface area contributed by atoms with E-state index in [9.17, 15) is 132 Å². The van der Waals surface area contributed by atoms with Crippen LogP contribution in [0.3, 0.4) is 0 Å². The van der Waals surface area contributed by atoms with E-state index in [1.807, 2.05) is 0 Å². The molecule has 0 aromatic heterocycles. The summed E-state index contributed by atoms with van der Waals surface area (Å²) in [6.45, 7) is 0.262. The molecule has 45 atom stereocenters. The zero-order valence-electron chi connectivity index (χ0n) is 57.7. The Morgan fingerprint density at radius 2 is 0.575 bits per heavy atom. The van der Waals surface area contributed by atoms with Crippen molar-refractivity contribution in [2.45, 2.75) is 318 Å². The van der Waals surface area contributed by atoms with Crippen LogP contribution in [0.15, 0.2) is 0 Å². The molecule has 0 aromatic rings. The van der Waals surface area contributed by atoms with Gasteiger partial charge < -0.3 is 214 Å². The Labute approximate surface area is 602 Å². The fourth-order valence-electron chi connectivity index (χ4n) is 13.8. The molecular formula is C60H101N3O43. The highest BCUT2D eigenvalue weighted by Gasteiger charge is 2.61. The Kier molecular flexibility index (Phi) is 30.4. The zero-order chi connectivity index (χ0) is 78.1. The van der Waals surface area contributed by atoms with Crippen LogP contribution >= 0.6 is 0 Å². The molecule has 9 rings (SSSR count). The molecule has 9 saturated heterocycles. The van der Waals surface area contributed by atoms with Crippen molar-refractivity contribution in [1.82, 2.24) is 16.0 Å². The van der Waals surface area contributed by atoms with Gasteiger partial charge in [0, 0.05) is 20.8 Å². The Hall–Kier alpha value is -3.19. The first kappa shape index (κ1) is 86.8. The summed E-state index contributed by atoms with van der Waals surface area (Å²) in [6.07, 6.45) is -82.5. The molecule has 9 aliphatic heterocycles. The van der Waals surface area contributed by atoms with Crippen molar-refractivity contribution in [1.29, 1.82) is 0 Å². The number of carbonyl (C=O) groups excluding carboxylic acids is 3. The minimum absolute atomic E-state index is 0.880. The van der Waals surface area contributed by atoms with Crippen molar-refractivity contribution < 1.29 is 212 Å². The van der Waals surface area contributed by atoms with Crippen LogP contribution in [0, 0.1) is 0 Å². The molecule has 0 spiro atoms. The van der Waals surface area contributed by atoms with Gasteiger partial charge in [0.05, 0.1) is 58.0 Å². The van der Waals surface area contributed by atoms with Gasteiger partial charge in [-0.05, 0) is 20.8 Å². The highest BCUT2D eigenvalue weighted by molar-refractivity contribution is 5.74. The molecule has 3 amide bonds. The van der Waals surface area contributed by atoms with E-state index < -0.39 is 334 Å². The summed E-state index contributed by atoms with van der Waals surface area (Å²) >= 11 is 0. The SMILES string of the molecule is CC(=O)N[C@H]1[C@H](OC[C@H]2OC(O)[C@H](NC(C)=O)[C@@H](O[C@@H]3O[C@H](CO)[C@H](O)[C@H](O[C@@H]4O[C@H](CO)[C@@H](O)[C@H](O[C@@H]5O[C@H](CO)[C@H](O)[C@H](O)[C@H]5O[C@@H]5O[C@@H](C)[C@@H](O)[C@@H](O)[C@@H]5O)[C@H]4NC(C)=O)[C@H]3O[C@@H]3O[C@@H](C)[C@@H](O)[C@@H](O)[C@@H]3O)[C@H]2O)O[C@H](CO)[C@@H](O[C@@H]2O[C@H](CO)[C@H](O)[C@H](O)[C@H]2O[C@@H]2O[C@@H](C)[C@@H](O)[C@@H](O)[C@@H]2O)[C@@H]1O. The van der Waals surface area contributed by atoms with Gasteiger partial charge in [-0.1, -0.05) is 0 Å². The fourth-order valence-corrected chi connectivity index (χ4v) is 13.8. The molecule has 106 heavy (non-hydrogen) atoms. The first-order chi connectivity index (χ1) is 50.0. The second-order valence-corrected chi connectivity index (χ2v) is 27.4. The first-order valence-electron chi connectivity index (χ1n) is 34.2. The third-order valence-corrected chi connectivity index (χ3v) is 19.8. The third kappa shape index (κ3) is 18.7. The fraction of sp³-hybridized carbons (Fsp3) is 0.950. The van der Waals surface area contributed by atoms with Crippen LogP contribution < -0.4 is 16.0 Å². The third-order valence-electron chi connectivity index (χ3n) is 19.8. The number of aliphatic hydroxyl groups is 23. The molecule has 9 heterocycles. The van der Waals surface area contributed by atoms with Crippen molar-refractivity contribution in [3.05, 3.63) is 0 Å². The van der Waals surface area contributed by atoms with Crippen LogP contribution in [-0.4, -0.2) is 451 Å². The zero-order valence-corrected chi connectivity index (χ0v) is 57.7. The normalized spacial score (nSPS) is 51.1. The van der Waals surface area contributed by atoms with Crippen molar-refractivity contribution in [2.24, 2.45) is 0 Å². The number of nitrogens with one attached hydrogen (secondary N) is 3. The van der Waals surface area contributed by atoms with Crippen LogP contribution in [-0.2, 0) is 94.9 Å². The molecule has 0 saturated carbocycles. The van der Waals surface area contributed by atoms with Crippen LogP contribution in [0.2, 0.25) is 0 Å². The Balaban J connectivity index is 1.01. The van der Waals surface area contributed by atoms with Gasteiger partial charge in [-0.25, -0.2) is 0 Å². The van der Waals surface area contributed by atoms with Crippen molar-refractivity contribution >= 4 is 17.7 Å². The number of hydrogen-bond donors (Lipinski definition) is 26. The van der Waals surface area contributed by atoms with Gasteiger partial charge in [0.1, 0.15) is 201 Å². The second kappa shape index (κ2) is 37.2. The Morgan fingerprint density at radius 1 is 0.264 bits per heavy atom. The van der Waals surface area contributed by atoms with E-state index in [4.69, 9.17) is 80.5 Å². The number of aliphatic hydroxyl groups excluding tert-OH is 23. The molecule has 26 N–H and O–H groups in total.